The van der Waals surface area contributed by atoms with E-state index in [1.54, 1.807) is 6.07 Å². The maximum atomic E-state index is 12.5. The Labute approximate surface area is 144 Å². The Morgan fingerprint density at radius 2 is 2.00 bits per heavy atom. The third-order valence-electron chi connectivity index (χ3n) is 3.37. The summed E-state index contributed by atoms with van der Waals surface area (Å²) in [4.78, 5) is 18.1. The van der Waals surface area contributed by atoms with E-state index in [9.17, 15) is 13.6 Å². The fourth-order valence-electron chi connectivity index (χ4n) is 2.17. The highest BCUT2D eigenvalue weighted by Gasteiger charge is 2.16. The number of nitrogens with one attached hydrogen (secondary N) is 1. The number of carbonyl (C=O) groups excluding carboxylic acids is 1. The number of amides is 1. The Bertz CT molecular complexity index is 655. The molecule has 1 N–H and O–H groups in total. The van der Waals surface area contributed by atoms with E-state index in [0.717, 1.165) is 18.7 Å². The van der Waals surface area contributed by atoms with Crippen LogP contribution in [0.3, 0.4) is 0 Å². The van der Waals surface area contributed by atoms with Crippen LogP contribution >= 0.6 is 11.8 Å². The first-order valence-corrected chi connectivity index (χ1v) is 8.40. The van der Waals surface area contributed by atoms with E-state index in [-0.39, 0.29) is 28.3 Å². The normalized spacial score (nSPS) is 10.7. The fraction of sp³-hybridized carbons (Fsp3) is 0.294. The Balaban J connectivity index is 1.81. The van der Waals surface area contributed by atoms with Crippen LogP contribution in [-0.2, 0) is 0 Å². The highest BCUT2D eigenvalue weighted by atomic mass is 32.2. The fourth-order valence-corrected chi connectivity index (χ4v) is 2.75. The van der Waals surface area contributed by atoms with E-state index in [2.05, 4.69) is 15.2 Å². The summed E-state index contributed by atoms with van der Waals surface area (Å²) in [5, 5.41) is 2.80. The molecule has 1 heterocycles. The lowest BCUT2D eigenvalue weighted by Gasteiger charge is -2.19. The zero-order chi connectivity index (χ0) is 17.4. The molecule has 24 heavy (non-hydrogen) atoms. The van der Waals surface area contributed by atoms with Gasteiger partial charge in [0.25, 0.3) is 11.7 Å². The summed E-state index contributed by atoms with van der Waals surface area (Å²) in [6, 6.07) is 13.0. The van der Waals surface area contributed by atoms with Gasteiger partial charge in [0, 0.05) is 32.0 Å². The van der Waals surface area contributed by atoms with Crippen molar-refractivity contribution < 1.29 is 13.6 Å². The van der Waals surface area contributed by atoms with E-state index in [4.69, 9.17) is 0 Å². The maximum absolute atomic E-state index is 12.5. The van der Waals surface area contributed by atoms with Crippen LogP contribution in [0.2, 0.25) is 0 Å². The van der Waals surface area contributed by atoms with Crippen molar-refractivity contribution in [3.63, 3.8) is 0 Å². The number of aromatic nitrogens is 1. The van der Waals surface area contributed by atoms with Crippen LogP contribution in [0, 0.1) is 0 Å². The standard InChI is InChI=1S/C17H19F2N3OS/c1-22(13-7-3-2-4-8-13)12-6-11-20-15(23)14-9-5-10-21-16(14)24-17(18)19/h2-5,7-10,17H,6,11-12H2,1H3,(H,20,23). The molecule has 4 nitrogen and oxygen atoms in total. The van der Waals surface area contributed by atoms with Crippen molar-refractivity contribution in [1.82, 2.24) is 10.3 Å². The number of rotatable bonds is 8. The lowest BCUT2D eigenvalue weighted by atomic mass is 10.2. The molecule has 0 aliphatic carbocycles. The van der Waals surface area contributed by atoms with Crippen molar-refractivity contribution in [1.29, 1.82) is 0 Å². The summed E-state index contributed by atoms with van der Waals surface area (Å²) in [5.74, 6) is -2.99. The van der Waals surface area contributed by atoms with Crippen molar-refractivity contribution in [3.05, 3.63) is 54.2 Å². The molecule has 0 unspecified atom stereocenters. The van der Waals surface area contributed by atoms with Crippen LogP contribution in [0.1, 0.15) is 16.8 Å². The molecule has 0 atom stereocenters. The minimum Gasteiger partial charge on any atom is -0.375 e. The predicted octanol–water partition coefficient (Wildman–Crippen LogP) is 3.65. The van der Waals surface area contributed by atoms with Crippen LogP contribution < -0.4 is 10.2 Å². The van der Waals surface area contributed by atoms with Gasteiger partial charge in [0.1, 0.15) is 5.03 Å². The molecule has 1 amide bonds. The average Bonchev–Trinajstić information content (AvgIpc) is 2.59. The summed E-state index contributed by atoms with van der Waals surface area (Å²) >= 11 is 0.281. The van der Waals surface area contributed by atoms with Crippen molar-refractivity contribution in [2.24, 2.45) is 0 Å². The van der Waals surface area contributed by atoms with Gasteiger partial charge in [0.15, 0.2) is 0 Å². The highest BCUT2D eigenvalue weighted by molar-refractivity contribution is 7.99. The molecular formula is C17H19F2N3OS. The second-order valence-corrected chi connectivity index (χ2v) is 6.08. The minimum atomic E-state index is -2.61. The van der Waals surface area contributed by atoms with Gasteiger partial charge >= 0.3 is 0 Å². The molecule has 0 spiro atoms. The third-order valence-corrected chi connectivity index (χ3v) is 4.10. The molecule has 1 aromatic carbocycles. The molecule has 0 saturated carbocycles. The number of nitrogens with zero attached hydrogens (tertiary/aromatic N) is 2. The van der Waals surface area contributed by atoms with Crippen LogP contribution in [0.15, 0.2) is 53.7 Å². The van der Waals surface area contributed by atoms with Crippen molar-refractivity contribution in [3.8, 4) is 0 Å². The van der Waals surface area contributed by atoms with E-state index in [1.807, 2.05) is 37.4 Å². The lowest BCUT2D eigenvalue weighted by molar-refractivity contribution is 0.0949. The summed E-state index contributed by atoms with van der Waals surface area (Å²) in [6.45, 7) is 1.24. The zero-order valence-corrected chi connectivity index (χ0v) is 14.1. The Morgan fingerprint density at radius 3 is 2.71 bits per heavy atom. The van der Waals surface area contributed by atoms with Gasteiger partial charge in [0.05, 0.1) is 5.56 Å². The second kappa shape index (κ2) is 9.22. The first-order valence-electron chi connectivity index (χ1n) is 7.52. The molecule has 7 heteroatoms. The van der Waals surface area contributed by atoms with Gasteiger partial charge in [-0.3, -0.25) is 4.79 Å². The molecule has 0 aliphatic rings. The number of thioether (sulfide) groups is 1. The van der Waals surface area contributed by atoms with Crippen LogP contribution in [0.5, 0.6) is 0 Å². The SMILES string of the molecule is CN(CCCNC(=O)c1cccnc1SC(F)F)c1ccccc1. The Hall–Kier alpha value is -2.15. The number of hydrogen-bond donors (Lipinski definition) is 1. The average molecular weight is 351 g/mol. The molecule has 0 saturated heterocycles. The van der Waals surface area contributed by atoms with Gasteiger partial charge in [-0.15, -0.1) is 0 Å². The molecule has 0 aliphatic heterocycles. The van der Waals surface area contributed by atoms with Crippen LogP contribution in [-0.4, -0.2) is 36.8 Å². The van der Waals surface area contributed by atoms with Crippen molar-refractivity contribution in [2.45, 2.75) is 17.2 Å². The number of alkyl halides is 2. The van der Waals surface area contributed by atoms with Gasteiger partial charge in [-0.25, -0.2) is 4.98 Å². The number of anilines is 1. The van der Waals surface area contributed by atoms with Crippen molar-refractivity contribution in [2.75, 3.05) is 25.0 Å². The molecule has 128 valence electrons. The number of halogens is 2. The van der Waals surface area contributed by atoms with E-state index >= 15 is 0 Å². The van der Waals surface area contributed by atoms with Gasteiger partial charge in [-0.05, 0) is 42.4 Å². The van der Waals surface area contributed by atoms with Crippen molar-refractivity contribution >= 4 is 23.4 Å². The summed E-state index contributed by atoms with van der Waals surface area (Å²) in [5.41, 5.74) is 1.28. The Kier molecular flexibility index (Phi) is 6.99. The molecule has 1 aromatic heterocycles. The van der Waals surface area contributed by atoms with E-state index in [1.165, 1.54) is 12.3 Å². The van der Waals surface area contributed by atoms with Gasteiger partial charge in [-0.1, -0.05) is 18.2 Å². The topological polar surface area (TPSA) is 45.2 Å². The first-order chi connectivity index (χ1) is 11.6. The molecule has 0 bridgehead atoms. The maximum Gasteiger partial charge on any atom is 0.290 e. The number of pyridine rings is 1. The summed E-state index contributed by atoms with van der Waals surface area (Å²) < 4.78 is 25.0. The smallest absolute Gasteiger partial charge is 0.290 e. The molecule has 2 rings (SSSR count). The monoisotopic (exact) mass is 351 g/mol. The van der Waals surface area contributed by atoms with E-state index in [0.29, 0.717) is 6.54 Å². The lowest BCUT2D eigenvalue weighted by Crippen LogP contribution is -2.28. The summed E-state index contributed by atoms with van der Waals surface area (Å²) in [6.07, 6.45) is 2.14. The van der Waals surface area contributed by atoms with Gasteiger partial charge in [0.2, 0.25) is 0 Å². The molecular weight excluding hydrogens is 332 g/mol. The molecule has 2 aromatic rings. The second-order valence-electron chi connectivity index (χ2n) is 5.10. The van der Waals surface area contributed by atoms with Gasteiger partial charge in [-0.2, -0.15) is 8.78 Å². The number of carbonyl (C=O) groups is 1. The van der Waals surface area contributed by atoms with Crippen LogP contribution in [0.25, 0.3) is 0 Å². The van der Waals surface area contributed by atoms with Crippen LogP contribution in [0.4, 0.5) is 14.5 Å². The number of para-hydroxylation sites is 1. The number of benzene rings is 1. The first kappa shape index (κ1) is 18.2. The Morgan fingerprint density at radius 1 is 1.25 bits per heavy atom. The highest BCUT2D eigenvalue weighted by Crippen LogP contribution is 2.26. The third kappa shape index (κ3) is 5.49. The summed E-state index contributed by atoms with van der Waals surface area (Å²) in [7, 11) is 1.98. The minimum absolute atomic E-state index is 0.0476. The molecule has 0 radical (unpaired) electrons. The van der Waals surface area contributed by atoms with Gasteiger partial charge < -0.3 is 10.2 Å². The molecule has 0 fully saturated rings. The quantitative estimate of drug-likeness (QED) is 0.582. The van der Waals surface area contributed by atoms with E-state index < -0.39 is 5.76 Å². The zero-order valence-electron chi connectivity index (χ0n) is 13.3. The largest absolute Gasteiger partial charge is 0.375 e. The predicted molar refractivity (Wildman–Crippen MR) is 92.8 cm³/mol. The number of hydrogen-bond acceptors (Lipinski definition) is 4.